The predicted octanol–water partition coefficient (Wildman–Crippen LogP) is 4.11. The number of nitrogens with zero attached hydrogens (tertiary/aromatic N) is 2. The molecule has 0 unspecified atom stereocenters. The molecule has 3 aliphatic rings. The molecule has 31 heavy (non-hydrogen) atoms. The number of hydrogen-bond donors (Lipinski definition) is 1. The van der Waals surface area contributed by atoms with E-state index in [1.807, 2.05) is 4.90 Å². The molecule has 6 nitrogen and oxygen atoms in total. The molecule has 0 radical (unpaired) electrons. The van der Waals surface area contributed by atoms with Gasteiger partial charge in [-0.15, -0.1) is 0 Å². The van der Waals surface area contributed by atoms with Crippen molar-refractivity contribution >= 4 is 12.0 Å². The van der Waals surface area contributed by atoms with Crippen molar-refractivity contribution in [3.63, 3.8) is 0 Å². The van der Waals surface area contributed by atoms with Gasteiger partial charge in [-0.1, -0.05) is 24.3 Å². The third kappa shape index (κ3) is 4.89. The monoisotopic (exact) mass is 429 g/mol. The number of nitrogens with one attached hydrogen (secondary N) is 1. The summed E-state index contributed by atoms with van der Waals surface area (Å²) in [6.45, 7) is 6.74. The lowest BCUT2D eigenvalue weighted by Gasteiger charge is -2.47. The molecule has 0 bridgehead atoms. The molecule has 4 rings (SSSR count). The van der Waals surface area contributed by atoms with E-state index >= 15 is 0 Å². The van der Waals surface area contributed by atoms with Crippen molar-refractivity contribution in [3.05, 3.63) is 35.4 Å². The fourth-order valence-electron chi connectivity index (χ4n) is 6.01. The molecule has 0 saturated carbocycles. The maximum atomic E-state index is 11.7. The van der Waals surface area contributed by atoms with Gasteiger partial charge in [0.1, 0.15) is 0 Å². The van der Waals surface area contributed by atoms with Crippen LogP contribution in [0.1, 0.15) is 70.5 Å². The van der Waals surface area contributed by atoms with Crippen LogP contribution >= 0.6 is 0 Å². The molecular weight excluding hydrogens is 390 g/mol. The van der Waals surface area contributed by atoms with E-state index in [0.717, 1.165) is 58.4 Å². The molecule has 2 heterocycles. The van der Waals surface area contributed by atoms with E-state index in [9.17, 15) is 9.59 Å². The number of rotatable bonds is 4. The lowest BCUT2D eigenvalue weighted by Crippen LogP contribution is -2.46. The molecule has 1 atom stereocenters. The summed E-state index contributed by atoms with van der Waals surface area (Å²) in [5, 5.41) is 3.16. The van der Waals surface area contributed by atoms with Gasteiger partial charge in [0.25, 0.3) is 0 Å². The molecule has 1 aromatic carbocycles. The minimum absolute atomic E-state index is 0. The number of methoxy groups -OCH3 is 1. The Balaban J connectivity index is 0.00000289. The molecule has 0 aromatic heterocycles. The van der Waals surface area contributed by atoms with E-state index < -0.39 is 0 Å². The average molecular weight is 430 g/mol. The Morgan fingerprint density at radius 1 is 1.10 bits per heavy atom. The maximum Gasteiger partial charge on any atom is 0.409 e. The number of carbonyl (C=O) groups is 2. The first-order chi connectivity index (χ1) is 15.0. The molecule has 1 aliphatic carbocycles. The van der Waals surface area contributed by atoms with Gasteiger partial charge in [-0.05, 0) is 87.0 Å². The third-order valence-electron chi connectivity index (χ3n) is 7.91. The second-order valence-corrected chi connectivity index (χ2v) is 9.69. The largest absolute Gasteiger partial charge is 0.453 e. The number of hydrogen-bond acceptors (Lipinski definition) is 4. The summed E-state index contributed by atoms with van der Waals surface area (Å²) in [6.07, 6.45) is 7.83. The molecule has 2 aliphatic heterocycles. The molecule has 1 N–H and O–H groups in total. The second-order valence-electron chi connectivity index (χ2n) is 9.69. The van der Waals surface area contributed by atoms with E-state index in [2.05, 4.69) is 34.5 Å². The third-order valence-corrected chi connectivity index (χ3v) is 7.91. The number of amides is 2. The van der Waals surface area contributed by atoms with Gasteiger partial charge in [-0.3, -0.25) is 4.79 Å². The van der Waals surface area contributed by atoms with E-state index in [0.29, 0.717) is 5.92 Å². The summed E-state index contributed by atoms with van der Waals surface area (Å²) in [6, 6.07) is 8.93. The first-order valence-corrected chi connectivity index (χ1v) is 11.9. The summed E-state index contributed by atoms with van der Waals surface area (Å²) >= 11 is 0. The van der Waals surface area contributed by atoms with Crippen LogP contribution in [0.3, 0.4) is 0 Å². The number of piperidine rings is 2. The van der Waals surface area contributed by atoms with Gasteiger partial charge in [0.2, 0.25) is 5.91 Å². The van der Waals surface area contributed by atoms with Crippen molar-refractivity contribution in [2.45, 2.75) is 63.3 Å². The lowest BCUT2D eigenvalue weighted by molar-refractivity contribution is -0.119. The van der Waals surface area contributed by atoms with Crippen LogP contribution in [0.25, 0.3) is 0 Å². The van der Waals surface area contributed by atoms with Crippen molar-refractivity contribution in [2.24, 2.45) is 5.92 Å². The van der Waals surface area contributed by atoms with Gasteiger partial charge in [0.15, 0.2) is 0 Å². The molecule has 1 aromatic rings. The fraction of sp³-hybridized carbons (Fsp3) is 0.680. The zero-order valence-corrected chi connectivity index (χ0v) is 19.1. The Morgan fingerprint density at radius 2 is 1.81 bits per heavy atom. The standard InChI is InChI=1S/C25H37N3O3.H2/c1-19(29)26-23-7-11-25(22-6-4-3-5-21(22)23)12-17-27(18-13-25)14-8-20-9-15-28(16-10-20)24(30)31-2;/h3-6,20,23H,7-18H2,1-2H3,(H,26,29);1H/t23-;/m0./s1. The predicted molar refractivity (Wildman–Crippen MR) is 123 cm³/mol. The van der Waals surface area contributed by atoms with Crippen molar-refractivity contribution in [3.8, 4) is 0 Å². The van der Waals surface area contributed by atoms with E-state index in [1.165, 1.54) is 37.5 Å². The van der Waals surface area contributed by atoms with Crippen LogP contribution in [0.15, 0.2) is 24.3 Å². The van der Waals surface area contributed by atoms with Gasteiger partial charge in [0.05, 0.1) is 13.2 Å². The van der Waals surface area contributed by atoms with Crippen LogP contribution in [-0.4, -0.2) is 61.6 Å². The van der Waals surface area contributed by atoms with E-state index in [-0.39, 0.29) is 24.9 Å². The highest BCUT2D eigenvalue weighted by Gasteiger charge is 2.42. The quantitative estimate of drug-likeness (QED) is 0.783. The van der Waals surface area contributed by atoms with E-state index in [1.54, 1.807) is 6.92 Å². The topological polar surface area (TPSA) is 61.9 Å². The minimum Gasteiger partial charge on any atom is -0.453 e. The Kier molecular flexibility index (Phi) is 6.85. The van der Waals surface area contributed by atoms with Gasteiger partial charge in [-0.2, -0.15) is 0 Å². The van der Waals surface area contributed by atoms with Crippen LogP contribution in [0.4, 0.5) is 4.79 Å². The summed E-state index contributed by atoms with van der Waals surface area (Å²) < 4.78 is 4.84. The molecule has 2 fully saturated rings. The lowest BCUT2D eigenvalue weighted by atomic mass is 9.63. The fourth-order valence-corrected chi connectivity index (χ4v) is 6.01. The van der Waals surface area contributed by atoms with Gasteiger partial charge >= 0.3 is 6.09 Å². The second kappa shape index (κ2) is 9.60. The summed E-state index contributed by atoms with van der Waals surface area (Å²) in [7, 11) is 1.46. The normalized spacial score (nSPS) is 23.9. The highest BCUT2D eigenvalue weighted by Crippen LogP contribution is 2.47. The van der Waals surface area contributed by atoms with Gasteiger partial charge in [-0.25, -0.2) is 4.79 Å². The smallest absolute Gasteiger partial charge is 0.409 e. The maximum absolute atomic E-state index is 11.7. The summed E-state index contributed by atoms with van der Waals surface area (Å²) in [5.74, 6) is 0.772. The number of carbonyl (C=O) groups excluding carboxylic acids is 2. The highest BCUT2D eigenvalue weighted by molar-refractivity contribution is 5.73. The van der Waals surface area contributed by atoms with Crippen molar-refractivity contribution in [2.75, 3.05) is 39.8 Å². The molecule has 2 amide bonds. The number of fused-ring (bicyclic) bond motifs is 2. The van der Waals surface area contributed by atoms with Crippen LogP contribution < -0.4 is 5.32 Å². The molecule has 2 saturated heterocycles. The Labute approximate surface area is 187 Å². The van der Waals surface area contributed by atoms with Gasteiger partial charge < -0.3 is 19.9 Å². The number of likely N-dealkylation sites (tertiary alicyclic amines) is 2. The number of benzene rings is 1. The van der Waals surface area contributed by atoms with Crippen molar-refractivity contribution in [1.29, 1.82) is 0 Å². The highest BCUT2D eigenvalue weighted by atomic mass is 16.5. The van der Waals surface area contributed by atoms with E-state index in [4.69, 9.17) is 4.74 Å². The van der Waals surface area contributed by atoms with Crippen molar-refractivity contribution < 1.29 is 15.8 Å². The van der Waals surface area contributed by atoms with Crippen LogP contribution in [0, 0.1) is 5.92 Å². The zero-order chi connectivity index (χ0) is 21.8. The summed E-state index contributed by atoms with van der Waals surface area (Å²) in [4.78, 5) is 27.8. The molecule has 6 heteroatoms. The first kappa shape index (κ1) is 22.1. The molecule has 1 spiro atoms. The minimum atomic E-state index is -0.187. The van der Waals surface area contributed by atoms with Crippen LogP contribution in [0.5, 0.6) is 0 Å². The van der Waals surface area contributed by atoms with Crippen LogP contribution in [0.2, 0.25) is 0 Å². The Hall–Kier alpha value is -2.08. The molecule has 172 valence electrons. The Bertz CT molecular complexity index is 786. The zero-order valence-electron chi connectivity index (χ0n) is 19.1. The van der Waals surface area contributed by atoms with Crippen LogP contribution in [-0.2, 0) is 14.9 Å². The van der Waals surface area contributed by atoms with Crippen molar-refractivity contribution in [1.82, 2.24) is 15.1 Å². The SMILES string of the molecule is COC(=O)N1CCC(CCN2CCC3(CC[C@H](NC(C)=O)c4ccccc43)CC2)CC1.[HH]. The number of ether oxygens (including phenoxy) is 1. The summed E-state index contributed by atoms with van der Waals surface area (Å²) in [5.41, 5.74) is 3.07. The Morgan fingerprint density at radius 3 is 2.48 bits per heavy atom. The average Bonchev–Trinajstić information content (AvgIpc) is 2.80. The first-order valence-electron chi connectivity index (χ1n) is 11.9. The molecular formula is C25H39N3O3. The van der Waals surface area contributed by atoms with Gasteiger partial charge in [0, 0.05) is 21.4 Å².